The molecule has 0 aliphatic rings. The first-order chi connectivity index (χ1) is 24.9. The Morgan fingerprint density at radius 3 is 1.72 bits per heavy atom. The molecule has 0 aliphatic heterocycles. The molecule has 23 nitrogen and oxygen atoms in total. The summed E-state index contributed by atoms with van der Waals surface area (Å²) in [5.41, 5.74) is 26.9. The number of nitrogens with zero attached hydrogens (tertiary/aromatic N) is 1. The molecule has 53 heavy (non-hydrogen) atoms. The zero-order valence-corrected chi connectivity index (χ0v) is 30.0. The van der Waals surface area contributed by atoms with E-state index in [1.165, 1.54) is 0 Å². The summed E-state index contributed by atoms with van der Waals surface area (Å²) in [6.45, 7) is 1.48. The fraction of sp³-hybridized carbons (Fsp3) is 0.700. The van der Waals surface area contributed by atoms with Crippen molar-refractivity contribution in [3.63, 3.8) is 0 Å². The van der Waals surface area contributed by atoms with Crippen LogP contribution in [0.25, 0.3) is 0 Å². The molecule has 0 spiro atoms. The number of hydrogen-bond donors (Lipinski definition) is 14. The van der Waals surface area contributed by atoms with Gasteiger partial charge in [0.1, 0.15) is 36.3 Å². The van der Waals surface area contributed by atoms with Crippen LogP contribution in [0.1, 0.15) is 58.8 Å². The maximum absolute atomic E-state index is 13.4. The number of primary amides is 1. The molecular weight excluding hydrogens is 704 g/mol. The molecular formula is C30H56N12O11. The van der Waals surface area contributed by atoms with Crippen LogP contribution in [0.4, 0.5) is 0 Å². The maximum atomic E-state index is 13.4. The topological polar surface area (TPSA) is 412 Å². The summed E-state index contributed by atoms with van der Waals surface area (Å²) in [7, 11) is 0. The van der Waals surface area contributed by atoms with E-state index in [0.717, 1.165) is 0 Å². The second-order valence-corrected chi connectivity index (χ2v) is 12.4. The lowest BCUT2D eigenvalue weighted by molar-refractivity contribution is -0.143. The summed E-state index contributed by atoms with van der Waals surface area (Å²) in [6, 6.07) is -8.44. The van der Waals surface area contributed by atoms with Crippen molar-refractivity contribution in [1.82, 2.24) is 31.9 Å². The molecule has 0 aromatic heterocycles. The van der Waals surface area contributed by atoms with E-state index in [1.54, 1.807) is 13.8 Å². The Hall–Kier alpha value is -5.13. The fourth-order valence-corrected chi connectivity index (χ4v) is 4.55. The third-order valence-electron chi connectivity index (χ3n) is 7.31. The van der Waals surface area contributed by atoms with E-state index in [9.17, 15) is 48.6 Å². The van der Waals surface area contributed by atoms with Gasteiger partial charge in [-0.1, -0.05) is 13.8 Å². The van der Waals surface area contributed by atoms with Crippen molar-refractivity contribution in [2.45, 2.75) is 95.0 Å². The van der Waals surface area contributed by atoms with Crippen molar-refractivity contribution in [2.24, 2.45) is 39.6 Å². The number of aliphatic hydroxyl groups is 2. The van der Waals surface area contributed by atoms with Crippen LogP contribution in [0.5, 0.6) is 0 Å². The zero-order valence-electron chi connectivity index (χ0n) is 30.0. The number of aliphatic imine (C=N–C) groups is 1. The smallest absolute Gasteiger partial charge is 0.328 e. The minimum Gasteiger partial charge on any atom is -0.480 e. The standard InChI is InChI=1S/C30H56N12O11/c1-15(2)10-19(27(50)40-18(6-3-4-8-31)26(49)42-21(14-44)29(52)53)41-28(51)20(11-22(33)45)38-23(46)12-37-25(48)17(7-5-9-36-30(34)35)39-24(47)16(32)13-43/h15-21,43-44H,3-14,31-32H2,1-2H3,(H2,33,45)(H,37,48)(H,38,46)(H,39,47)(H,40,50)(H,41,51)(H,42,49)(H,52,53)(H4,34,35,36)/t16-,17-,18-,19-,20-,21-/m0/s1. The van der Waals surface area contributed by atoms with Gasteiger partial charge in [0.05, 0.1) is 26.2 Å². The second-order valence-electron chi connectivity index (χ2n) is 12.4. The number of carbonyl (C=O) groups excluding carboxylic acids is 7. The first-order valence-electron chi connectivity index (χ1n) is 16.9. The Morgan fingerprint density at radius 1 is 0.660 bits per heavy atom. The highest BCUT2D eigenvalue weighted by Gasteiger charge is 2.32. The molecule has 0 rings (SSSR count). The van der Waals surface area contributed by atoms with E-state index in [2.05, 4.69) is 36.9 Å². The van der Waals surface area contributed by atoms with E-state index < -0.39 is 110 Å². The number of hydrogen-bond acceptors (Lipinski definition) is 13. The van der Waals surface area contributed by atoms with Crippen molar-refractivity contribution < 1.29 is 53.7 Å². The largest absolute Gasteiger partial charge is 0.480 e. The highest BCUT2D eigenvalue weighted by atomic mass is 16.4. The number of carboxylic acid groups (broad SMARTS) is 1. The minimum atomic E-state index is -1.64. The molecule has 0 aromatic rings. The van der Waals surface area contributed by atoms with Gasteiger partial charge in [-0.3, -0.25) is 38.6 Å². The average Bonchev–Trinajstić information content (AvgIpc) is 3.08. The first kappa shape index (κ1) is 47.9. The molecule has 0 aliphatic carbocycles. The second kappa shape index (κ2) is 25.8. The fourth-order valence-electron chi connectivity index (χ4n) is 4.55. The van der Waals surface area contributed by atoms with E-state index in [4.69, 9.17) is 33.8 Å². The number of rotatable bonds is 27. The van der Waals surface area contributed by atoms with Crippen LogP contribution in [-0.2, 0) is 38.4 Å². The predicted octanol–water partition coefficient (Wildman–Crippen LogP) is -6.97. The number of unbranched alkanes of at least 4 members (excludes halogenated alkanes) is 1. The van der Waals surface area contributed by atoms with Crippen molar-refractivity contribution in [2.75, 3.05) is 32.8 Å². The monoisotopic (exact) mass is 760 g/mol. The van der Waals surface area contributed by atoms with Gasteiger partial charge in [-0.25, -0.2) is 4.79 Å². The Labute approximate surface area is 306 Å². The van der Waals surface area contributed by atoms with Crippen LogP contribution < -0.4 is 60.6 Å². The summed E-state index contributed by atoms with van der Waals surface area (Å²) in [4.78, 5) is 105. The lowest BCUT2D eigenvalue weighted by atomic mass is 10.0. The Morgan fingerprint density at radius 2 is 1.19 bits per heavy atom. The Balaban J connectivity index is 5.87. The molecule has 0 unspecified atom stereocenters. The van der Waals surface area contributed by atoms with E-state index >= 15 is 0 Å². The van der Waals surface area contributed by atoms with Gasteiger partial charge in [0.2, 0.25) is 41.4 Å². The summed E-state index contributed by atoms with van der Waals surface area (Å²) in [5, 5.41) is 41.7. The van der Waals surface area contributed by atoms with Crippen LogP contribution in [0.15, 0.2) is 4.99 Å². The van der Waals surface area contributed by atoms with E-state index in [0.29, 0.717) is 12.8 Å². The number of aliphatic hydroxyl groups excluding tert-OH is 2. The average molecular weight is 761 g/mol. The van der Waals surface area contributed by atoms with E-state index in [1.807, 2.05) is 0 Å². The number of aliphatic carboxylic acids is 1. The van der Waals surface area contributed by atoms with Crippen LogP contribution >= 0.6 is 0 Å². The number of carboxylic acids is 1. The lowest BCUT2D eigenvalue weighted by Gasteiger charge is -2.26. The normalized spacial score (nSPS) is 14.2. The van der Waals surface area contributed by atoms with Gasteiger partial charge in [-0.05, 0) is 51.0 Å². The summed E-state index contributed by atoms with van der Waals surface area (Å²) >= 11 is 0. The molecule has 6 atom stereocenters. The number of amides is 7. The van der Waals surface area contributed by atoms with Crippen LogP contribution in [0.3, 0.4) is 0 Å². The van der Waals surface area contributed by atoms with Crippen LogP contribution in [0.2, 0.25) is 0 Å². The third kappa shape index (κ3) is 20.5. The van der Waals surface area contributed by atoms with Crippen molar-refractivity contribution in [3.8, 4) is 0 Å². The lowest BCUT2D eigenvalue weighted by Crippen LogP contribution is -2.59. The molecule has 23 heteroatoms. The number of nitrogens with two attached hydrogens (primary N) is 5. The molecule has 0 saturated carbocycles. The van der Waals surface area contributed by atoms with Crippen molar-refractivity contribution in [3.05, 3.63) is 0 Å². The number of nitrogens with one attached hydrogen (secondary N) is 6. The molecule has 0 bridgehead atoms. The molecule has 0 fully saturated rings. The van der Waals surface area contributed by atoms with Gasteiger partial charge in [0.15, 0.2) is 5.96 Å². The van der Waals surface area contributed by atoms with Crippen LogP contribution in [-0.4, -0.2) is 138 Å². The van der Waals surface area contributed by atoms with Crippen molar-refractivity contribution >= 4 is 53.3 Å². The summed E-state index contributed by atoms with van der Waals surface area (Å²) in [5.74, 6) is -8.33. The molecule has 0 saturated heterocycles. The highest BCUT2D eigenvalue weighted by Crippen LogP contribution is 2.09. The highest BCUT2D eigenvalue weighted by molar-refractivity contribution is 5.97. The minimum absolute atomic E-state index is 0.00274. The third-order valence-corrected chi connectivity index (χ3v) is 7.31. The van der Waals surface area contributed by atoms with Gasteiger partial charge in [-0.2, -0.15) is 0 Å². The van der Waals surface area contributed by atoms with Crippen molar-refractivity contribution in [1.29, 1.82) is 0 Å². The quantitative estimate of drug-likeness (QED) is 0.0210. The van der Waals surface area contributed by atoms with Gasteiger partial charge < -0.3 is 75.9 Å². The zero-order chi connectivity index (χ0) is 40.7. The van der Waals surface area contributed by atoms with Gasteiger partial charge >= 0.3 is 5.97 Å². The van der Waals surface area contributed by atoms with Gasteiger partial charge in [-0.15, -0.1) is 0 Å². The SMILES string of the molecule is CC(C)C[C@H](NC(=O)[C@H](CC(N)=O)NC(=O)CNC(=O)[C@H](CCCN=C(N)N)NC(=O)[C@@H](N)CO)C(=O)N[C@@H](CCCCN)C(=O)N[C@@H](CO)C(=O)O. The first-order valence-corrected chi connectivity index (χ1v) is 16.9. The molecule has 19 N–H and O–H groups in total. The summed E-state index contributed by atoms with van der Waals surface area (Å²) in [6.07, 6.45) is 0.381. The maximum Gasteiger partial charge on any atom is 0.328 e. The van der Waals surface area contributed by atoms with E-state index in [-0.39, 0.29) is 50.7 Å². The molecule has 302 valence electrons. The molecule has 0 aromatic carbocycles. The van der Waals surface area contributed by atoms with Crippen LogP contribution in [0, 0.1) is 5.92 Å². The molecule has 0 radical (unpaired) electrons. The van der Waals surface area contributed by atoms with Gasteiger partial charge in [0.25, 0.3) is 0 Å². The number of guanidine groups is 1. The molecule has 7 amide bonds. The number of carbonyl (C=O) groups is 8. The summed E-state index contributed by atoms with van der Waals surface area (Å²) < 4.78 is 0. The predicted molar refractivity (Wildman–Crippen MR) is 189 cm³/mol. The Bertz CT molecular complexity index is 1280. The van der Waals surface area contributed by atoms with Gasteiger partial charge in [0, 0.05) is 6.54 Å². The Kier molecular flexibility index (Phi) is 23.3. The molecule has 0 heterocycles.